The van der Waals surface area contributed by atoms with Crippen molar-refractivity contribution in [1.82, 2.24) is 9.78 Å². The maximum atomic E-state index is 11.3. The van der Waals surface area contributed by atoms with Crippen molar-refractivity contribution in [3.8, 4) is 0 Å². The molecule has 0 bridgehead atoms. The zero-order valence-corrected chi connectivity index (χ0v) is 10.6. The maximum absolute atomic E-state index is 11.3. The van der Waals surface area contributed by atoms with E-state index in [0.717, 1.165) is 25.9 Å². The van der Waals surface area contributed by atoms with Crippen LogP contribution in [0.4, 0.5) is 5.69 Å². The van der Waals surface area contributed by atoms with Crippen LogP contribution in [0.5, 0.6) is 0 Å². The van der Waals surface area contributed by atoms with Crippen LogP contribution in [0.3, 0.4) is 0 Å². The third kappa shape index (κ3) is 3.27. The molecule has 0 aliphatic carbocycles. The van der Waals surface area contributed by atoms with Crippen LogP contribution in [-0.4, -0.2) is 37.8 Å². The van der Waals surface area contributed by atoms with Crippen molar-refractivity contribution < 1.29 is 13.5 Å². The number of ether oxygens (including phenoxy) is 1. The Morgan fingerprint density at radius 1 is 1.76 bits per heavy atom. The van der Waals surface area contributed by atoms with Gasteiger partial charge < -0.3 is 4.74 Å². The summed E-state index contributed by atoms with van der Waals surface area (Å²) in [6.45, 7) is 1.30. The van der Waals surface area contributed by atoms with Gasteiger partial charge in [0, 0.05) is 26.4 Å². The molecule has 1 fully saturated rings. The van der Waals surface area contributed by atoms with Crippen molar-refractivity contribution >= 4 is 17.0 Å². The normalized spacial score (nSPS) is 21.6. The SMILES string of the molecule is Cn1cc(N(CC[C@@H]2CCCO2)S(=O)O)cn1. The van der Waals surface area contributed by atoms with E-state index in [1.807, 2.05) is 0 Å². The minimum absolute atomic E-state index is 0.220. The highest BCUT2D eigenvalue weighted by molar-refractivity contribution is 7.80. The first-order valence-electron chi connectivity index (χ1n) is 5.65. The number of nitrogens with zero attached hydrogens (tertiary/aromatic N) is 3. The molecule has 0 radical (unpaired) electrons. The molecule has 0 saturated carbocycles. The molecule has 0 amide bonds. The molecule has 1 saturated heterocycles. The molecule has 2 atom stereocenters. The molecule has 1 aromatic heterocycles. The molecular weight excluding hydrogens is 242 g/mol. The first-order valence-corrected chi connectivity index (χ1v) is 6.72. The highest BCUT2D eigenvalue weighted by atomic mass is 32.2. The molecule has 1 N–H and O–H groups in total. The number of rotatable bonds is 5. The fourth-order valence-corrected chi connectivity index (χ4v) is 2.50. The lowest BCUT2D eigenvalue weighted by Crippen LogP contribution is -2.28. The van der Waals surface area contributed by atoms with E-state index in [0.29, 0.717) is 12.2 Å². The second-order valence-corrected chi connectivity index (χ2v) is 5.03. The van der Waals surface area contributed by atoms with Gasteiger partial charge in [0.05, 0.1) is 18.0 Å². The van der Waals surface area contributed by atoms with E-state index in [2.05, 4.69) is 5.10 Å². The summed E-state index contributed by atoms with van der Waals surface area (Å²) in [5.41, 5.74) is 0.659. The molecule has 0 aromatic carbocycles. The summed E-state index contributed by atoms with van der Waals surface area (Å²) in [5, 5.41) is 4.00. The Balaban J connectivity index is 1.95. The van der Waals surface area contributed by atoms with Gasteiger partial charge in [-0.15, -0.1) is 0 Å². The van der Waals surface area contributed by atoms with Crippen molar-refractivity contribution in [3.05, 3.63) is 12.4 Å². The van der Waals surface area contributed by atoms with Gasteiger partial charge in [0.15, 0.2) is 0 Å². The molecule has 1 aliphatic heterocycles. The molecule has 17 heavy (non-hydrogen) atoms. The Hall–Kier alpha value is -0.920. The summed E-state index contributed by atoms with van der Waals surface area (Å²) in [5.74, 6) is 0. The van der Waals surface area contributed by atoms with E-state index in [1.54, 1.807) is 24.1 Å². The Kier molecular flexibility index (Phi) is 4.14. The summed E-state index contributed by atoms with van der Waals surface area (Å²) >= 11 is -2.02. The zero-order valence-electron chi connectivity index (χ0n) is 9.78. The number of anilines is 1. The van der Waals surface area contributed by atoms with E-state index in [1.165, 1.54) is 4.31 Å². The van der Waals surface area contributed by atoms with Gasteiger partial charge in [-0.3, -0.25) is 13.5 Å². The second-order valence-electron chi connectivity index (χ2n) is 4.13. The van der Waals surface area contributed by atoms with Gasteiger partial charge >= 0.3 is 0 Å². The van der Waals surface area contributed by atoms with Gasteiger partial charge in [-0.25, -0.2) is 4.21 Å². The van der Waals surface area contributed by atoms with Gasteiger partial charge in [-0.05, 0) is 19.3 Å². The molecule has 1 aromatic rings. The number of hydrogen-bond acceptors (Lipinski definition) is 3. The largest absolute Gasteiger partial charge is 0.378 e. The quantitative estimate of drug-likeness (QED) is 0.799. The Bertz CT molecular complexity index is 390. The van der Waals surface area contributed by atoms with E-state index in [4.69, 9.17) is 4.74 Å². The first-order chi connectivity index (χ1) is 8.16. The molecular formula is C10H17N3O3S. The van der Waals surface area contributed by atoms with Gasteiger partial charge in [-0.1, -0.05) is 0 Å². The van der Waals surface area contributed by atoms with Gasteiger partial charge in [-0.2, -0.15) is 5.10 Å². The molecule has 6 nitrogen and oxygen atoms in total. The van der Waals surface area contributed by atoms with E-state index >= 15 is 0 Å². The summed E-state index contributed by atoms with van der Waals surface area (Å²) in [6, 6.07) is 0. The minimum Gasteiger partial charge on any atom is -0.378 e. The molecule has 1 unspecified atom stereocenters. The topological polar surface area (TPSA) is 67.6 Å². The van der Waals surface area contributed by atoms with Crippen LogP contribution in [0.25, 0.3) is 0 Å². The lowest BCUT2D eigenvalue weighted by molar-refractivity contribution is 0.106. The predicted molar refractivity (Wildman–Crippen MR) is 64.9 cm³/mol. The molecule has 96 valence electrons. The Labute approximate surface area is 103 Å². The summed E-state index contributed by atoms with van der Waals surface area (Å²) in [4.78, 5) is 0. The third-order valence-electron chi connectivity index (χ3n) is 2.85. The highest BCUT2D eigenvalue weighted by Crippen LogP contribution is 2.19. The summed E-state index contributed by atoms with van der Waals surface area (Å²) in [6.07, 6.45) is 6.42. The average molecular weight is 259 g/mol. The molecule has 1 aliphatic rings. The van der Waals surface area contributed by atoms with Crippen LogP contribution < -0.4 is 4.31 Å². The van der Waals surface area contributed by atoms with Crippen molar-refractivity contribution in [2.24, 2.45) is 7.05 Å². The fourth-order valence-electron chi connectivity index (χ4n) is 1.97. The fraction of sp³-hybridized carbons (Fsp3) is 0.700. The number of aryl methyl sites for hydroxylation is 1. The van der Waals surface area contributed by atoms with Crippen LogP contribution in [0, 0.1) is 0 Å². The second kappa shape index (κ2) is 5.61. The summed E-state index contributed by atoms with van der Waals surface area (Å²) in [7, 11) is 1.78. The lowest BCUT2D eigenvalue weighted by Gasteiger charge is -2.19. The van der Waals surface area contributed by atoms with Gasteiger partial charge in [0.2, 0.25) is 0 Å². The van der Waals surface area contributed by atoms with Gasteiger partial charge in [0.1, 0.15) is 0 Å². The van der Waals surface area contributed by atoms with Crippen molar-refractivity contribution in [2.75, 3.05) is 17.5 Å². The first kappa shape index (κ1) is 12.5. The summed E-state index contributed by atoms with van der Waals surface area (Å²) < 4.78 is 29.1. The molecule has 7 heteroatoms. The average Bonchev–Trinajstić information content (AvgIpc) is 2.90. The lowest BCUT2D eigenvalue weighted by atomic mass is 10.2. The zero-order chi connectivity index (χ0) is 12.3. The van der Waals surface area contributed by atoms with E-state index < -0.39 is 11.3 Å². The molecule has 2 rings (SSSR count). The van der Waals surface area contributed by atoms with Crippen LogP contribution in [0.2, 0.25) is 0 Å². The highest BCUT2D eigenvalue weighted by Gasteiger charge is 2.20. The monoisotopic (exact) mass is 259 g/mol. The van der Waals surface area contributed by atoms with Crippen LogP contribution in [0.15, 0.2) is 12.4 Å². The molecule has 2 heterocycles. The van der Waals surface area contributed by atoms with Crippen LogP contribution in [-0.2, 0) is 23.1 Å². The van der Waals surface area contributed by atoms with Gasteiger partial charge in [0.25, 0.3) is 11.3 Å². The standard InChI is InChI=1S/C10H17N3O3S/c1-12-8-9(7-11-12)13(17(14)15)5-4-10-3-2-6-16-10/h7-8,10H,2-6H2,1H3,(H,14,15)/t10-/m0/s1. The van der Waals surface area contributed by atoms with E-state index in [9.17, 15) is 8.76 Å². The minimum atomic E-state index is -2.02. The maximum Gasteiger partial charge on any atom is 0.261 e. The van der Waals surface area contributed by atoms with Crippen molar-refractivity contribution in [3.63, 3.8) is 0 Å². The number of aromatic nitrogens is 2. The van der Waals surface area contributed by atoms with Crippen LogP contribution in [0.1, 0.15) is 19.3 Å². The third-order valence-corrected chi connectivity index (χ3v) is 3.62. The van der Waals surface area contributed by atoms with Crippen LogP contribution >= 0.6 is 0 Å². The predicted octanol–water partition coefficient (Wildman–Crippen LogP) is 0.932. The van der Waals surface area contributed by atoms with Crippen molar-refractivity contribution in [2.45, 2.75) is 25.4 Å². The Morgan fingerprint density at radius 2 is 2.59 bits per heavy atom. The smallest absolute Gasteiger partial charge is 0.261 e. The van der Waals surface area contributed by atoms with E-state index in [-0.39, 0.29) is 6.10 Å². The number of hydrogen-bond donors (Lipinski definition) is 1. The Morgan fingerprint density at radius 3 is 3.12 bits per heavy atom. The van der Waals surface area contributed by atoms with Crippen molar-refractivity contribution in [1.29, 1.82) is 0 Å². The molecule has 0 spiro atoms.